The molecule has 1 N–H and O–H groups in total. The molecule has 22 heavy (non-hydrogen) atoms. The Morgan fingerprint density at radius 3 is 2.50 bits per heavy atom. The molecule has 0 aromatic heterocycles. The Morgan fingerprint density at radius 1 is 1.45 bits per heavy atom. The fourth-order valence-electron chi connectivity index (χ4n) is 2.62. The molecule has 1 amide bonds. The number of allylic oxidation sites excluding steroid dienone is 1. The zero-order valence-corrected chi connectivity index (χ0v) is 15.2. The lowest BCUT2D eigenvalue weighted by Crippen LogP contribution is -2.48. The van der Waals surface area contributed by atoms with Gasteiger partial charge in [0.05, 0.1) is 11.6 Å². The van der Waals surface area contributed by atoms with Gasteiger partial charge in [-0.2, -0.15) is 5.10 Å². The van der Waals surface area contributed by atoms with Crippen LogP contribution in [0.25, 0.3) is 0 Å². The largest absolute Gasteiger partial charge is 0.342 e. The molecule has 2 unspecified atom stereocenters. The van der Waals surface area contributed by atoms with E-state index in [2.05, 4.69) is 48.9 Å². The lowest BCUT2D eigenvalue weighted by molar-refractivity contribution is -0.116. The van der Waals surface area contributed by atoms with Gasteiger partial charge >= 0.3 is 0 Å². The molecule has 0 aromatic carbocycles. The van der Waals surface area contributed by atoms with Crippen LogP contribution in [0.15, 0.2) is 28.9 Å². The maximum absolute atomic E-state index is 12.7. The quantitative estimate of drug-likeness (QED) is 0.763. The molecule has 0 aliphatic carbocycles. The highest BCUT2D eigenvalue weighted by molar-refractivity contribution is 6.40. The van der Waals surface area contributed by atoms with Crippen molar-refractivity contribution in [3.63, 3.8) is 0 Å². The lowest BCUT2D eigenvalue weighted by atomic mass is 9.90. The fourth-order valence-corrected chi connectivity index (χ4v) is 2.62. The molecule has 4 nitrogen and oxygen atoms in total. The van der Waals surface area contributed by atoms with Gasteiger partial charge < -0.3 is 5.32 Å². The van der Waals surface area contributed by atoms with Gasteiger partial charge in [0.15, 0.2) is 0 Å². The molecule has 1 aliphatic rings. The number of hydrogen-bond acceptors (Lipinski definition) is 3. The molecule has 1 heterocycles. The summed E-state index contributed by atoms with van der Waals surface area (Å²) >= 11 is 0. The van der Waals surface area contributed by atoms with E-state index in [0.29, 0.717) is 5.71 Å². The number of amides is 1. The second kappa shape index (κ2) is 7.12. The van der Waals surface area contributed by atoms with E-state index < -0.39 is 5.54 Å². The van der Waals surface area contributed by atoms with Gasteiger partial charge in [0.25, 0.3) is 5.91 Å². The topological polar surface area (TPSA) is 44.7 Å². The molecule has 1 rings (SSSR count). The third kappa shape index (κ3) is 3.79. The SMILES string of the molecule is C=C(C)C(C)(C)NC(=O)C1=NN(CCC)C(/C(C)=C/C)C1C. The van der Waals surface area contributed by atoms with Gasteiger partial charge in [0, 0.05) is 12.5 Å². The van der Waals surface area contributed by atoms with Crippen molar-refractivity contribution in [1.29, 1.82) is 0 Å². The number of hydrazone groups is 1. The molecule has 0 bridgehead atoms. The molecule has 124 valence electrons. The first-order valence-corrected chi connectivity index (χ1v) is 8.12. The van der Waals surface area contributed by atoms with Crippen LogP contribution >= 0.6 is 0 Å². The number of nitrogens with one attached hydrogen (secondary N) is 1. The number of carbonyl (C=O) groups is 1. The van der Waals surface area contributed by atoms with Crippen LogP contribution in [0.2, 0.25) is 0 Å². The zero-order chi connectivity index (χ0) is 17.1. The van der Waals surface area contributed by atoms with Gasteiger partial charge in [-0.15, -0.1) is 0 Å². The third-order valence-electron chi connectivity index (χ3n) is 4.56. The van der Waals surface area contributed by atoms with Crippen LogP contribution < -0.4 is 5.32 Å². The summed E-state index contributed by atoms with van der Waals surface area (Å²) < 4.78 is 0. The Labute approximate surface area is 135 Å². The summed E-state index contributed by atoms with van der Waals surface area (Å²) in [6, 6.07) is 0.179. The van der Waals surface area contributed by atoms with E-state index in [1.165, 1.54) is 5.57 Å². The van der Waals surface area contributed by atoms with Gasteiger partial charge in [0.1, 0.15) is 5.71 Å². The Morgan fingerprint density at radius 2 is 2.05 bits per heavy atom. The van der Waals surface area contributed by atoms with Crippen LogP contribution in [-0.4, -0.2) is 34.8 Å². The second-order valence-corrected chi connectivity index (χ2v) is 6.77. The molecule has 0 saturated heterocycles. The first-order valence-electron chi connectivity index (χ1n) is 8.12. The van der Waals surface area contributed by atoms with Crippen molar-refractivity contribution in [3.05, 3.63) is 23.8 Å². The summed E-state index contributed by atoms with van der Waals surface area (Å²) in [6.45, 7) is 19.0. The highest BCUT2D eigenvalue weighted by Crippen LogP contribution is 2.28. The minimum atomic E-state index is -0.428. The molecule has 0 radical (unpaired) electrons. The van der Waals surface area contributed by atoms with Crippen molar-refractivity contribution in [2.24, 2.45) is 11.0 Å². The normalized spacial score (nSPS) is 22.6. The van der Waals surface area contributed by atoms with Crippen LogP contribution in [0.3, 0.4) is 0 Å². The predicted octanol–water partition coefficient (Wildman–Crippen LogP) is 3.51. The molecule has 4 heteroatoms. The molecule has 0 spiro atoms. The van der Waals surface area contributed by atoms with Crippen LogP contribution in [0.1, 0.15) is 54.9 Å². The van der Waals surface area contributed by atoms with E-state index in [0.717, 1.165) is 18.5 Å². The summed E-state index contributed by atoms with van der Waals surface area (Å²) in [7, 11) is 0. The standard InChI is InChI=1S/C18H31N3O/c1-9-11-21-16(13(5)10-2)14(6)15(20-21)17(22)19-18(7,8)12(3)4/h10,14,16H,3,9,11H2,1-2,4-8H3,(H,19,22)/b13-10+. The highest BCUT2D eigenvalue weighted by Gasteiger charge is 2.39. The van der Waals surface area contributed by atoms with Crippen LogP contribution in [0, 0.1) is 5.92 Å². The van der Waals surface area contributed by atoms with Gasteiger partial charge in [-0.1, -0.05) is 37.6 Å². The Bertz CT molecular complexity index is 502. The van der Waals surface area contributed by atoms with Crippen molar-refractivity contribution in [1.82, 2.24) is 10.3 Å². The average molecular weight is 305 g/mol. The van der Waals surface area contributed by atoms with Crippen molar-refractivity contribution in [2.75, 3.05) is 6.54 Å². The molecular weight excluding hydrogens is 274 g/mol. The van der Waals surface area contributed by atoms with Crippen molar-refractivity contribution >= 4 is 11.6 Å². The third-order valence-corrected chi connectivity index (χ3v) is 4.56. The fraction of sp³-hybridized carbons (Fsp3) is 0.667. The summed E-state index contributed by atoms with van der Waals surface area (Å²) in [6.07, 6.45) is 3.12. The second-order valence-electron chi connectivity index (χ2n) is 6.77. The highest BCUT2D eigenvalue weighted by atomic mass is 16.2. The number of rotatable bonds is 6. The average Bonchev–Trinajstić information content (AvgIpc) is 2.74. The Kier molecular flexibility index (Phi) is 5.98. The summed E-state index contributed by atoms with van der Waals surface area (Å²) in [5.74, 6) is -0.00308. The minimum absolute atomic E-state index is 0.0867. The van der Waals surface area contributed by atoms with Gasteiger partial charge in [0.2, 0.25) is 0 Å². The van der Waals surface area contributed by atoms with Gasteiger partial charge in [-0.3, -0.25) is 9.80 Å². The first-order chi connectivity index (χ1) is 10.2. The maximum Gasteiger partial charge on any atom is 0.268 e. The van der Waals surface area contributed by atoms with Crippen molar-refractivity contribution in [2.45, 2.75) is 66.5 Å². The van der Waals surface area contributed by atoms with Crippen LogP contribution in [0.4, 0.5) is 0 Å². The van der Waals surface area contributed by atoms with Crippen molar-refractivity contribution in [3.8, 4) is 0 Å². The van der Waals surface area contributed by atoms with E-state index >= 15 is 0 Å². The maximum atomic E-state index is 12.7. The zero-order valence-electron chi connectivity index (χ0n) is 15.2. The van der Waals surface area contributed by atoms with Crippen LogP contribution in [0.5, 0.6) is 0 Å². The van der Waals surface area contributed by atoms with E-state index in [-0.39, 0.29) is 17.9 Å². The molecule has 0 fully saturated rings. The lowest BCUT2D eigenvalue weighted by Gasteiger charge is -2.28. The molecule has 0 saturated carbocycles. The monoisotopic (exact) mass is 305 g/mol. The molecular formula is C18H31N3O. The summed E-state index contributed by atoms with van der Waals surface area (Å²) in [4.78, 5) is 12.7. The molecule has 2 atom stereocenters. The van der Waals surface area contributed by atoms with Crippen molar-refractivity contribution < 1.29 is 4.79 Å². The van der Waals surface area contributed by atoms with Gasteiger partial charge in [-0.05, 0) is 41.0 Å². The van der Waals surface area contributed by atoms with E-state index in [1.54, 1.807) is 0 Å². The van der Waals surface area contributed by atoms with E-state index in [9.17, 15) is 4.79 Å². The predicted molar refractivity (Wildman–Crippen MR) is 93.9 cm³/mol. The Balaban J connectivity index is 3.01. The summed E-state index contributed by atoms with van der Waals surface area (Å²) in [5.41, 5.74) is 2.38. The summed E-state index contributed by atoms with van der Waals surface area (Å²) in [5, 5.41) is 9.73. The van der Waals surface area contributed by atoms with Crippen LogP contribution in [-0.2, 0) is 4.79 Å². The van der Waals surface area contributed by atoms with E-state index in [1.807, 2.05) is 27.7 Å². The molecule has 0 aromatic rings. The smallest absolute Gasteiger partial charge is 0.268 e. The minimum Gasteiger partial charge on any atom is -0.342 e. The molecule has 1 aliphatic heterocycles. The number of carbonyl (C=O) groups excluding carboxylic acids is 1. The number of hydrogen-bond donors (Lipinski definition) is 1. The number of nitrogens with zero attached hydrogens (tertiary/aromatic N) is 2. The first kappa shape index (κ1) is 18.5. The van der Waals surface area contributed by atoms with E-state index in [4.69, 9.17) is 0 Å². The van der Waals surface area contributed by atoms with Gasteiger partial charge in [-0.25, -0.2) is 0 Å². The Hall–Kier alpha value is -1.58.